The van der Waals surface area contributed by atoms with E-state index in [1.165, 1.54) is 0 Å². The van der Waals surface area contributed by atoms with Gasteiger partial charge in [0.2, 0.25) is 0 Å². The summed E-state index contributed by atoms with van der Waals surface area (Å²) in [5.74, 6) is 0. The number of nitrogens with zero attached hydrogens (tertiary/aromatic N) is 2. The average molecular weight is 2250 g/mol. The van der Waals surface area contributed by atoms with E-state index in [0.29, 0.717) is 53.5 Å². The van der Waals surface area contributed by atoms with Crippen LogP contribution in [0.1, 0.15) is 0 Å². The fourth-order valence-corrected chi connectivity index (χ4v) is 790. The molecule has 0 fully saturated rings. The third-order valence-electron chi connectivity index (χ3n) is 8.35. The summed E-state index contributed by atoms with van der Waals surface area (Å²) in [6, 6.07) is 11.0. The molecule has 86 heavy (non-hydrogen) atoms. The first kappa shape index (κ1) is 106. The van der Waals surface area contributed by atoms with Gasteiger partial charge >= 0.3 is 0 Å². The van der Waals surface area contributed by atoms with E-state index in [4.69, 9.17) is 54.1 Å². The Hall–Kier alpha value is 21.6. The highest BCUT2D eigenvalue weighted by Gasteiger charge is 2.60. The Morgan fingerprint density at radius 2 is 0.698 bits per heavy atom. The molecule has 8 nitrogen and oxygen atoms in total. The zero-order chi connectivity index (χ0) is 66.4. The Balaban J connectivity index is 0.000000936. The minimum absolute atomic E-state index is 0.137. The van der Waals surface area contributed by atoms with Crippen LogP contribution in [0.15, 0.2) is 45.2 Å². The van der Waals surface area contributed by atoms with Crippen LogP contribution in [0, 0.1) is 0 Å². The van der Waals surface area contributed by atoms with E-state index in [1.54, 1.807) is 50.6 Å². The zero-order valence-electron chi connectivity index (χ0n) is 45.3. The van der Waals surface area contributed by atoms with E-state index >= 15 is 0 Å². The number of oxazole rings is 2. The fraction of sp³-hybridized carbons (Fsp3) is 0.300. The van der Waals surface area contributed by atoms with E-state index in [1.807, 2.05) is 0 Å². The summed E-state index contributed by atoms with van der Waals surface area (Å²) < 4.78 is 19.9. The first-order valence-corrected chi connectivity index (χ1v) is 123. The lowest BCUT2D eigenvalue weighted by Crippen LogP contribution is -2.07. The van der Waals surface area contributed by atoms with Crippen molar-refractivity contribution in [1.29, 1.82) is 0 Å². The third-order valence-corrected chi connectivity index (χ3v) is 391. The molecule has 0 saturated carbocycles. The van der Waals surface area contributed by atoms with Gasteiger partial charge in [0.05, 0.1) is 13.2 Å². The van der Waals surface area contributed by atoms with Gasteiger partial charge in [-0.3, -0.25) is 0 Å². The van der Waals surface area contributed by atoms with Crippen molar-refractivity contribution in [3.8, 4) is 0 Å². The number of nitrogens with two attached hydrogens (primary N) is 1. The van der Waals surface area contributed by atoms with Crippen LogP contribution in [0.2, 0.25) is 15.4 Å². The molecule has 3 N–H and O–H groups in total. The molecule has 0 aliphatic carbocycles. The summed E-state index contributed by atoms with van der Waals surface area (Å²) in [6.07, 6.45) is 0. The number of benzene rings is 2. The van der Waals surface area contributed by atoms with Crippen molar-refractivity contribution in [3.63, 3.8) is 0 Å². The first-order valence-electron chi connectivity index (χ1n) is 21.6. The van der Waals surface area contributed by atoms with Crippen LogP contribution in [-0.4, -0.2) is 50.5 Å². The van der Waals surface area contributed by atoms with E-state index in [-0.39, 0.29) is 187 Å². The quantitative estimate of drug-likeness (QED) is 0.0368. The Kier molecular flexibility index (Phi) is 72.8. The Morgan fingerprint density at radius 3 is 0.965 bits per heavy atom. The van der Waals surface area contributed by atoms with Crippen molar-refractivity contribution < 1.29 is 18.3 Å². The molecule has 0 bridgehead atoms. The Morgan fingerprint density at radius 1 is 0.419 bits per heavy atom. The van der Waals surface area contributed by atoms with Gasteiger partial charge in [-0.2, -0.15) is 9.97 Å². The Labute approximate surface area is 626 Å². The van der Waals surface area contributed by atoms with Crippen LogP contribution in [0.4, 0.5) is 6.01 Å². The first-order chi connectivity index (χ1) is 40.0. The predicted octanol–water partition coefficient (Wildman–Crippen LogP) is 37.4. The highest BCUT2D eigenvalue weighted by Crippen LogP contribution is 3.47. The van der Waals surface area contributed by atoms with Crippen LogP contribution < -0.4 is 11.1 Å². The number of ether oxygens (including phenoxy) is 2. The number of hydrogen-bond acceptors (Lipinski definition) is 8. The summed E-state index contributed by atoms with van der Waals surface area (Å²) in [7, 11) is 103. The number of aromatic nitrogens is 2. The summed E-state index contributed by atoms with van der Waals surface area (Å²) >= 11 is 17.1. The molecule has 2 aromatic heterocycles. The number of anilines is 1. The fourth-order valence-electron chi connectivity index (χ4n) is 5.47. The van der Waals surface area contributed by atoms with Crippen molar-refractivity contribution >= 4 is 503 Å². The molecular formula is C20H80Cl3N4O4P55. The molecule has 2 heterocycles. The molecule has 0 spiro atoms. The van der Waals surface area contributed by atoms with Crippen LogP contribution in [0.25, 0.3) is 22.2 Å². The monoisotopic (exact) mass is 2250 g/mol. The summed E-state index contributed by atoms with van der Waals surface area (Å²) in [5, 5.41) is 4.43. The third kappa shape index (κ3) is 38.8. The van der Waals surface area contributed by atoms with Crippen molar-refractivity contribution in [1.82, 2.24) is 9.97 Å². The summed E-state index contributed by atoms with van der Waals surface area (Å²) in [5.41, 5.74) is 7.82. The van der Waals surface area contributed by atoms with E-state index in [0.717, 1.165) is 19.1 Å². The predicted molar refractivity (Wildman–Crippen MR) is 584 cm³/mol. The lowest BCUT2D eigenvalue weighted by atomic mass is 10.3. The van der Waals surface area contributed by atoms with Crippen molar-refractivity contribution in [2.45, 2.75) is 0 Å². The van der Waals surface area contributed by atoms with Gasteiger partial charge in [-0.25, -0.2) is 0 Å². The van der Waals surface area contributed by atoms with Crippen LogP contribution >= 0.6 is 474 Å². The van der Waals surface area contributed by atoms with E-state index < -0.39 is 0 Å². The molecule has 2 aromatic carbocycles. The largest absolute Gasteiger partial charge is 0.428 e. The highest BCUT2D eigenvalue weighted by atomic mass is 35.5. The summed E-state index contributed by atoms with van der Waals surface area (Å²) in [6.45, 7) is -2.31. The normalized spacial score (nSPS) is 14.1. The molecule has 32 unspecified atom stereocenters. The smallest absolute Gasteiger partial charge is 0.295 e. The van der Waals surface area contributed by atoms with Gasteiger partial charge in [0.15, 0.2) is 11.2 Å². The molecular weight excluding hydrogens is 2170 g/mol. The minimum atomic E-state index is -0.225. The molecule has 0 aliphatic heterocycles. The topological polar surface area (TPSA) is 109 Å². The van der Waals surface area contributed by atoms with Crippen molar-refractivity contribution in [3.05, 3.63) is 51.8 Å². The van der Waals surface area contributed by atoms with Gasteiger partial charge in [0.25, 0.3) is 11.4 Å². The van der Waals surface area contributed by atoms with Gasteiger partial charge in [-0.15, -0.1) is 250 Å². The molecule has 500 valence electrons. The molecule has 4 aromatic rings. The van der Waals surface area contributed by atoms with Gasteiger partial charge < -0.3 is 29.4 Å². The van der Waals surface area contributed by atoms with Gasteiger partial charge in [0, 0.05) is 37.4 Å². The number of methoxy groups -OCH3 is 2. The molecule has 4 rings (SSSR count). The number of hydrogen-bond donors (Lipinski definition) is 2. The molecule has 0 radical (unpaired) electrons. The lowest BCUT2D eigenvalue weighted by molar-refractivity contribution is 0.207. The highest BCUT2D eigenvalue weighted by molar-refractivity contribution is 9.53. The number of fused-ring (bicyclic) bond motifs is 2. The maximum absolute atomic E-state index is 5.83. The van der Waals surface area contributed by atoms with Gasteiger partial charge in [0.1, 0.15) is 11.0 Å². The van der Waals surface area contributed by atoms with Crippen LogP contribution in [0.5, 0.6) is 0 Å². The second-order valence-electron chi connectivity index (χ2n) is 14.5. The van der Waals surface area contributed by atoms with Crippen molar-refractivity contribution in [2.24, 2.45) is 5.73 Å². The second-order valence-corrected chi connectivity index (χ2v) is 240. The molecule has 0 amide bonds. The Bertz CT molecular complexity index is 2300. The van der Waals surface area contributed by atoms with E-state index in [9.17, 15) is 0 Å². The molecule has 0 saturated heterocycles. The molecule has 32 atom stereocenters. The molecule has 0 aliphatic rings. The minimum Gasteiger partial charge on any atom is -0.428 e. The van der Waals surface area contributed by atoms with Gasteiger partial charge in [-0.1, -0.05) is 31.2 Å². The number of rotatable bonds is 32. The maximum atomic E-state index is 5.83. The standard InChI is InChI=1S/C10H11ClN2O2.C7H3Cl2NO.C3H9NO.H57P55/c1-14-5-4-12-10-13-8-6-7(11)2-3-9(8)15-10;8-4-1-2-6-5(3-4)10-7(9)11-6;1-5-3-2-4;1-29-43(28)50(42(26)27)54(51(44(30(2)3)31(4)5)45(32(6)7)33(8)9)55(52(46(34(10)11)35(12)13)47(36(14)15)37(16)17)53(48(38(18)19)39(20)21)49(40(22)23)41(24)25/h2-3,6H,4-5H2,1H3,(H,12,13);1-3H;2-4H2,1H3;29H,1-28H2. The van der Waals surface area contributed by atoms with Crippen LogP contribution in [0.3, 0.4) is 0 Å². The van der Waals surface area contributed by atoms with Crippen molar-refractivity contribution in [2.75, 3.05) is 45.8 Å². The van der Waals surface area contributed by atoms with E-state index in [2.05, 4.69) is 270 Å². The average Bonchev–Trinajstić information content (AvgIpc) is 0.936. The number of halogens is 3. The maximum Gasteiger partial charge on any atom is 0.295 e. The summed E-state index contributed by atoms with van der Waals surface area (Å²) in [4.78, 5) is 8.12. The van der Waals surface area contributed by atoms with Crippen LogP contribution in [-0.2, 0) is 9.47 Å². The number of nitrogens with one attached hydrogen (secondary N) is 1. The second kappa shape index (κ2) is 59.3. The SMILES string of the molecule is COCCN.COCCNc1nc2cc(Cl)ccc2o1.Clc1ccc2oc(Cl)nc2c1.PPP(P)P(P(P)P)P(P(P(P(P)P)P(P)P)P(P(P)P)P(P)P)P(P(P(P(P)P)P(P)P)P(P(P)P)P(P)P)P(P(P(P)P)P(P)P)P(P(P)P)P(P)P. The van der Waals surface area contributed by atoms with Gasteiger partial charge in [-0.05, 0) is 230 Å². The zero-order valence-corrected chi connectivity index (χ0v) is 104. The lowest BCUT2D eigenvalue weighted by Gasteiger charge is -2.59. The molecule has 66 heteroatoms.